The lowest BCUT2D eigenvalue weighted by molar-refractivity contribution is -0.124. The molecule has 2 rings (SSSR count). The molecule has 0 aromatic carbocycles. The Balaban J connectivity index is 2.08. The zero-order valence-electron chi connectivity index (χ0n) is 9.07. The molecule has 0 saturated carbocycles. The van der Waals surface area contributed by atoms with E-state index in [1.54, 1.807) is 0 Å². The Hall–Kier alpha value is -0.570. The van der Waals surface area contributed by atoms with Crippen LogP contribution in [0.4, 0.5) is 0 Å². The maximum Gasteiger partial charge on any atom is 0.220 e. The van der Waals surface area contributed by atoms with Crippen molar-refractivity contribution in [2.75, 3.05) is 0 Å². The highest BCUT2D eigenvalue weighted by Gasteiger charge is 2.43. The number of fused-ring (bicyclic) bond motifs is 2. The lowest BCUT2D eigenvalue weighted by atomic mass is 9.89. The third-order valence-corrected chi connectivity index (χ3v) is 3.79. The van der Waals surface area contributed by atoms with Crippen LogP contribution in [-0.2, 0) is 4.79 Å². The van der Waals surface area contributed by atoms with Gasteiger partial charge in [0.25, 0.3) is 0 Å². The first-order valence-corrected chi connectivity index (χ1v) is 5.66. The van der Waals surface area contributed by atoms with Crippen molar-refractivity contribution >= 4 is 5.91 Å². The summed E-state index contributed by atoms with van der Waals surface area (Å²) in [7, 11) is 0. The lowest BCUT2D eigenvalue weighted by Gasteiger charge is -2.40. The second kappa shape index (κ2) is 3.54. The van der Waals surface area contributed by atoms with Crippen molar-refractivity contribution in [3.05, 3.63) is 0 Å². The van der Waals surface area contributed by atoms with Crippen molar-refractivity contribution in [1.82, 2.24) is 4.90 Å². The number of carbonyl (C=O) groups excluding carboxylic acids is 1. The quantitative estimate of drug-likeness (QED) is 0.719. The predicted molar refractivity (Wildman–Crippen MR) is 55.7 cm³/mol. The Morgan fingerprint density at radius 1 is 1.29 bits per heavy atom. The van der Waals surface area contributed by atoms with E-state index < -0.39 is 0 Å². The van der Waals surface area contributed by atoms with Gasteiger partial charge in [-0.05, 0) is 39.5 Å². The number of rotatable bonds is 2. The van der Waals surface area contributed by atoms with E-state index in [9.17, 15) is 4.79 Å². The minimum absolute atomic E-state index is 0.0923. The number of hydrogen-bond acceptors (Lipinski definition) is 2. The summed E-state index contributed by atoms with van der Waals surface area (Å²) >= 11 is 0. The molecule has 0 aromatic heterocycles. The molecule has 3 nitrogen and oxygen atoms in total. The molecule has 0 spiro atoms. The fourth-order valence-electron chi connectivity index (χ4n) is 3.29. The van der Waals surface area contributed by atoms with Gasteiger partial charge in [-0.1, -0.05) is 0 Å². The average Bonchev–Trinajstić information content (AvgIpc) is 2.37. The van der Waals surface area contributed by atoms with Gasteiger partial charge in [0, 0.05) is 24.0 Å². The van der Waals surface area contributed by atoms with Crippen LogP contribution in [0.15, 0.2) is 0 Å². The van der Waals surface area contributed by atoms with Gasteiger partial charge in [0.2, 0.25) is 5.91 Å². The van der Waals surface area contributed by atoms with Gasteiger partial charge >= 0.3 is 0 Å². The number of nitrogens with two attached hydrogens (primary N) is 1. The third kappa shape index (κ3) is 1.54. The first-order chi connectivity index (χ1) is 6.59. The van der Waals surface area contributed by atoms with Crippen LogP contribution in [0.3, 0.4) is 0 Å². The maximum absolute atomic E-state index is 11.2. The second-order valence-corrected chi connectivity index (χ2v) is 5.00. The number of nitrogens with zero attached hydrogens (tertiary/aromatic N) is 1. The van der Waals surface area contributed by atoms with Crippen LogP contribution in [-0.4, -0.2) is 28.9 Å². The first-order valence-electron chi connectivity index (χ1n) is 5.66. The summed E-state index contributed by atoms with van der Waals surface area (Å²) in [5, 5.41) is 0. The van der Waals surface area contributed by atoms with Crippen LogP contribution in [0, 0.1) is 5.92 Å². The molecule has 1 amide bonds. The van der Waals surface area contributed by atoms with E-state index in [0.29, 0.717) is 18.1 Å². The Bertz CT molecular complexity index is 225. The molecular formula is C11H20N2O. The van der Waals surface area contributed by atoms with Crippen molar-refractivity contribution in [2.45, 2.75) is 57.7 Å². The molecule has 3 heteroatoms. The van der Waals surface area contributed by atoms with E-state index in [2.05, 4.69) is 18.7 Å². The Labute approximate surface area is 85.6 Å². The van der Waals surface area contributed by atoms with E-state index in [0.717, 1.165) is 12.8 Å². The summed E-state index contributed by atoms with van der Waals surface area (Å²) in [6.07, 6.45) is 4.49. The number of hydrogen-bond donors (Lipinski definition) is 1. The molecule has 0 aliphatic carbocycles. The fourth-order valence-corrected chi connectivity index (χ4v) is 3.29. The van der Waals surface area contributed by atoms with Crippen molar-refractivity contribution < 1.29 is 4.79 Å². The van der Waals surface area contributed by atoms with E-state index >= 15 is 0 Å². The third-order valence-electron chi connectivity index (χ3n) is 3.79. The molecule has 80 valence electrons. The van der Waals surface area contributed by atoms with Gasteiger partial charge in [-0.2, -0.15) is 0 Å². The van der Waals surface area contributed by atoms with Gasteiger partial charge in [0.1, 0.15) is 0 Å². The summed E-state index contributed by atoms with van der Waals surface area (Å²) in [6, 6.07) is 1.85. The summed E-state index contributed by atoms with van der Waals surface area (Å²) < 4.78 is 0. The molecule has 2 N–H and O–H groups in total. The Kier molecular flexibility index (Phi) is 2.52. The standard InChI is InChI=1S/C11H20N2O/c1-7(2)13-9-3-4-10(13)6-8(5-9)11(12)14/h7-10H,3-6H2,1-2H3,(H2,12,14)/t8?,9-,10+. The summed E-state index contributed by atoms with van der Waals surface area (Å²) in [6.45, 7) is 4.49. The van der Waals surface area contributed by atoms with Crippen molar-refractivity contribution in [2.24, 2.45) is 11.7 Å². The molecule has 14 heavy (non-hydrogen) atoms. The molecule has 1 unspecified atom stereocenters. The molecule has 0 radical (unpaired) electrons. The number of amides is 1. The summed E-state index contributed by atoms with van der Waals surface area (Å²) in [4.78, 5) is 13.7. The molecule has 3 atom stereocenters. The smallest absolute Gasteiger partial charge is 0.220 e. The molecule has 2 saturated heterocycles. The van der Waals surface area contributed by atoms with E-state index in [-0.39, 0.29) is 11.8 Å². The fraction of sp³-hybridized carbons (Fsp3) is 0.909. The maximum atomic E-state index is 11.2. The Morgan fingerprint density at radius 2 is 1.79 bits per heavy atom. The molecule has 0 aromatic rings. The molecule has 2 aliphatic rings. The van der Waals surface area contributed by atoms with Gasteiger partial charge in [-0.3, -0.25) is 9.69 Å². The minimum Gasteiger partial charge on any atom is -0.369 e. The topological polar surface area (TPSA) is 46.3 Å². The normalized spacial score (nSPS) is 37.8. The summed E-state index contributed by atoms with van der Waals surface area (Å²) in [5.74, 6) is 0.0489. The highest BCUT2D eigenvalue weighted by atomic mass is 16.1. The van der Waals surface area contributed by atoms with E-state index in [1.165, 1.54) is 12.8 Å². The molecule has 2 aliphatic heterocycles. The molecular weight excluding hydrogens is 176 g/mol. The monoisotopic (exact) mass is 196 g/mol. The van der Waals surface area contributed by atoms with E-state index in [1.807, 2.05) is 0 Å². The number of piperidine rings is 1. The largest absolute Gasteiger partial charge is 0.369 e. The van der Waals surface area contributed by atoms with Crippen LogP contribution in [0.25, 0.3) is 0 Å². The van der Waals surface area contributed by atoms with Crippen molar-refractivity contribution in [3.8, 4) is 0 Å². The predicted octanol–water partition coefficient (Wildman–Crippen LogP) is 1.12. The van der Waals surface area contributed by atoms with Gasteiger partial charge < -0.3 is 5.73 Å². The highest BCUT2D eigenvalue weighted by molar-refractivity contribution is 5.76. The first kappa shape index (κ1) is 9.97. The van der Waals surface area contributed by atoms with Crippen LogP contribution in [0.1, 0.15) is 39.5 Å². The zero-order chi connectivity index (χ0) is 10.3. The molecule has 2 fully saturated rings. The van der Waals surface area contributed by atoms with Gasteiger partial charge in [0.15, 0.2) is 0 Å². The SMILES string of the molecule is CC(C)N1[C@@H]2CC[C@H]1CC(C(N)=O)C2. The van der Waals surface area contributed by atoms with Crippen LogP contribution in [0.5, 0.6) is 0 Å². The second-order valence-electron chi connectivity index (χ2n) is 5.00. The van der Waals surface area contributed by atoms with Crippen molar-refractivity contribution in [3.63, 3.8) is 0 Å². The van der Waals surface area contributed by atoms with Crippen molar-refractivity contribution in [1.29, 1.82) is 0 Å². The van der Waals surface area contributed by atoms with Crippen LogP contribution < -0.4 is 5.73 Å². The zero-order valence-corrected chi connectivity index (χ0v) is 9.07. The number of primary amides is 1. The summed E-state index contributed by atoms with van der Waals surface area (Å²) in [5.41, 5.74) is 5.38. The molecule has 2 bridgehead atoms. The van der Waals surface area contributed by atoms with Gasteiger partial charge in [0.05, 0.1) is 0 Å². The lowest BCUT2D eigenvalue weighted by Crippen LogP contribution is -2.48. The van der Waals surface area contributed by atoms with Crippen LogP contribution in [0.2, 0.25) is 0 Å². The highest BCUT2D eigenvalue weighted by Crippen LogP contribution is 2.39. The van der Waals surface area contributed by atoms with Gasteiger partial charge in [-0.15, -0.1) is 0 Å². The van der Waals surface area contributed by atoms with E-state index in [4.69, 9.17) is 5.73 Å². The minimum atomic E-state index is -0.0923. The average molecular weight is 196 g/mol. The molecule has 2 heterocycles. The number of carbonyl (C=O) groups is 1. The van der Waals surface area contributed by atoms with Crippen LogP contribution >= 0.6 is 0 Å². The van der Waals surface area contributed by atoms with Gasteiger partial charge in [-0.25, -0.2) is 0 Å². The Morgan fingerprint density at radius 3 is 2.14 bits per heavy atom.